The van der Waals surface area contributed by atoms with Crippen LogP contribution in [0.4, 0.5) is 18.9 Å². The average Bonchev–Trinajstić information content (AvgIpc) is 2.16. The van der Waals surface area contributed by atoms with Crippen LogP contribution in [0.3, 0.4) is 0 Å². The van der Waals surface area contributed by atoms with Gasteiger partial charge in [-0.15, -0.1) is 24.8 Å². The first-order chi connectivity index (χ1) is 7.39. The Kier molecular flexibility index (Phi) is 3.44. The van der Waals surface area contributed by atoms with E-state index in [9.17, 15) is 13.2 Å². The molecular weight excluding hydrogens is 247 g/mol. The van der Waals surface area contributed by atoms with Crippen LogP contribution >= 0.6 is 11.6 Å². The molecule has 0 aliphatic carbocycles. The molecule has 0 spiro atoms. The molecule has 0 radical (unpaired) electrons. The maximum absolute atomic E-state index is 12.1. The van der Waals surface area contributed by atoms with Crippen molar-refractivity contribution in [3.05, 3.63) is 17.5 Å². The molecule has 1 heterocycles. The Hall–Kier alpha value is -1.68. The smallest absolute Gasteiger partial charge is 0.402 e. The third kappa shape index (κ3) is 2.67. The summed E-state index contributed by atoms with van der Waals surface area (Å²) in [4.78, 5) is 3.42. The van der Waals surface area contributed by atoms with Crippen molar-refractivity contribution < 1.29 is 17.9 Å². The van der Waals surface area contributed by atoms with Crippen molar-refractivity contribution in [2.45, 2.75) is 12.2 Å². The quantitative estimate of drug-likeness (QED) is 0.818. The van der Waals surface area contributed by atoms with E-state index in [1.54, 1.807) is 0 Å². The lowest BCUT2D eigenvalue weighted by atomic mass is 10.2. The van der Waals surface area contributed by atoms with Gasteiger partial charge in [0.15, 0.2) is 11.4 Å². The summed E-state index contributed by atoms with van der Waals surface area (Å²) < 4.78 is 39.9. The van der Waals surface area contributed by atoms with Crippen LogP contribution in [0.25, 0.3) is 0 Å². The number of ether oxygens (including phenoxy) is 1. The fourth-order valence-electron chi connectivity index (χ4n) is 0.988. The van der Waals surface area contributed by atoms with Crippen molar-refractivity contribution in [3.8, 4) is 11.8 Å². The lowest BCUT2D eigenvalue weighted by Crippen LogP contribution is -2.19. The molecule has 0 aromatic carbocycles. The fourth-order valence-corrected chi connectivity index (χ4v) is 1.26. The normalized spacial score (nSPS) is 10.9. The predicted octanol–water partition coefficient (Wildman–Crippen LogP) is 2.17. The number of rotatable bonds is 2. The molecule has 0 aliphatic heterocycles. The minimum atomic E-state index is -4.93. The largest absolute Gasteiger partial charge is 0.573 e. The minimum Gasteiger partial charge on any atom is -0.402 e. The van der Waals surface area contributed by atoms with Gasteiger partial charge in [0.25, 0.3) is 0 Å². The van der Waals surface area contributed by atoms with E-state index in [4.69, 9.17) is 22.6 Å². The molecule has 16 heavy (non-hydrogen) atoms. The molecule has 0 saturated carbocycles. The molecule has 0 saturated heterocycles. The molecule has 0 bridgehead atoms. The van der Waals surface area contributed by atoms with Gasteiger partial charge in [0, 0.05) is 5.56 Å². The summed E-state index contributed by atoms with van der Waals surface area (Å²) in [5.74, 6) is -1.06. The summed E-state index contributed by atoms with van der Waals surface area (Å²) in [7, 11) is 0. The van der Waals surface area contributed by atoms with Gasteiger partial charge in [0.1, 0.15) is 6.07 Å². The molecule has 86 valence electrons. The molecule has 0 amide bonds. The number of halogens is 4. The number of pyridine rings is 1. The third-order valence-corrected chi connectivity index (χ3v) is 1.89. The average molecular weight is 252 g/mol. The van der Waals surface area contributed by atoms with Crippen molar-refractivity contribution >= 4 is 17.3 Å². The lowest BCUT2D eigenvalue weighted by molar-refractivity contribution is -0.275. The first-order valence-corrected chi connectivity index (χ1v) is 4.41. The third-order valence-electron chi connectivity index (χ3n) is 1.63. The molecule has 0 aliphatic rings. The highest BCUT2D eigenvalue weighted by Crippen LogP contribution is 2.32. The van der Waals surface area contributed by atoms with E-state index in [2.05, 4.69) is 9.72 Å². The molecule has 1 aromatic heterocycles. The highest BCUT2D eigenvalue weighted by Gasteiger charge is 2.34. The van der Waals surface area contributed by atoms with Crippen LogP contribution in [0.5, 0.6) is 5.75 Å². The molecule has 2 N–H and O–H groups in total. The van der Waals surface area contributed by atoms with E-state index < -0.39 is 17.8 Å². The van der Waals surface area contributed by atoms with E-state index >= 15 is 0 Å². The number of nitrogens with zero attached hydrogens (tertiary/aromatic N) is 2. The van der Waals surface area contributed by atoms with Crippen LogP contribution < -0.4 is 10.5 Å². The standard InChI is InChI=1S/C8H5ClF3N3O/c9-1-4-5(14)3-15-6(2-13)7(4)16-8(10,11)12/h3H,1,14H2. The van der Waals surface area contributed by atoms with Crippen molar-refractivity contribution in [2.75, 3.05) is 5.73 Å². The van der Waals surface area contributed by atoms with Gasteiger partial charge in [-0.1, -0.05) is 0 Å². The van der Waals surface area contributed by atoms with Crippen molar-refractivity contribution in [1.29, 1.82) is 5.26 Å². The Morgan fingerprint density at radius 2 is 2.19 bits per heavy atom. The summed E-state index contributed by atoms with van der Waals surface area (Å²) in [5.41, 5.74) is 4.69. The van der Waals surface area contributed by atoms with Gasteiger partial charge in [-0.25, -0.2) is 4.98 Å². The van der Waals surface area contributed by atoms with E-state index in [0.29, 0.717) is 0 Å². The van der Waals surface area contributed by atoms with Crippen LogP contribution in [-0.4, -0.2) is 11.3 Å². The van der Waals surface area contributed by atoms with E-state index in [-0.39, 0.29) is 17.1 Å². The van der Waals surface area contributed by atoms with Crippen LogP contribution in [0.2, 0.25) is 0 Å². The second kappa shape index (κ2) is 4.45. The van der Waals surface area contributed by atoms with Crippen molar-refractivity contribution in [2.24, 2.45) is 0 Å². The van der Waals surface area contributed by atoms with Crippen molar-refractivity contribution in [1.82, 2.24) is 4.98 Å². The van der Waals surface area contributed by atoms with E-state index in [1.807, 2.05) is 0 Å². The van der Waals surface area contributed by atoms with Crippen molar-refractivity contribution in [3.63, 3.8) is 0 Å². The van der Waals surface area contributed by atoms with Crippen LogP contribution in [0.15, 0.2) is 6.20 Å². The summed E-state index contributed by atoms with van der Waals surface area (Å²) >= 11 is 5.43. The van der Waals surface area contributed by atoms with E-state index in [1.165, 1.54) is 6.07 Å². The fraction of sp³-hybridized carbons (Fsp3) is 0.250. The summed E-state index contributed by atoms with van der Waals surface area (Å²) in [6, 6.07) is 1.47. The topological polar surface area (TPSA) is 71.9 Å². The molecular formula is C8H5ClF3N3O. The van der Waals surface area contributed by atoms with Gasteiger partial charge in [0.05, 0.1) is 17.8 Å². The van der Waals surface area contributed by atoms with Gasteiger partial charge >= 0.3 is 6.36 Å². The second-order valence-electron chi connectivity index (χ2n) is 2.66. The first-order valence-electron chi connectivity index (χ1n) is 3.88. The maximum atomic E-state index is 12.1. The Labute approximate surface area is 93.4 Å². The van der Waals surface area contributed by atoms with Gasteiger partial charge in [-0.05, 0) is 0 Å². The number of aromatic nitrogens is 1. The van der Waals surface area contributed by atoms with Crippen LogP contribution in [0.1, 0.15) is 11.3 Å². The Morgan fingerprint density at radius 1 is 1.56 bits per heavy atom. The molecule has 0 fully saturated rings. The van der Waals surface area contributed by atoms with E-state index in [0.717, 1.165) is 6.20 Å². The molecule has 1 rings (SSSR count). The molecule has 4 nitrogen and oxygen atoms in total. The zero-order valence-corrected chi connectivity index (χ0v) is 8.43. The zero-order chi connectivity index (χ0) is 12.3. The van der Waals surface area contributed by atoms with Gasteiger partial charge in [-0.3, -0.25) is 0 Å². The Bertz CT molecular complexity index is 441. The Balaban J connectivity index is 3.32. The van der Waals surface area contributed by atoms with Crippen LogP contribution in [-0.2, 0) is 5.88 Å². The highest BCUT2D eigenvalue weighted by molar-refractivity contribution is 6.17. The molecule has 1 aromatic rings. The van der Waals surface area contributed by atoms with Gasteiger partial charge in [0.2, 0.25) is 0 Å². The highest BCUT2D eigenvalue weighted by atomic mass is 35.5. The molecule has 8 heteroatoms. The Morgan fingerprint density at radius 3 is 2.62 bits per heavy atom. The van der Waals surface area contributed by atoms with Crippen LogP contribution in [0, 0.1) is 11.3 Å². The predicted molar refractivity (Wildman–Crippen MR) is 49.6 cm³/mol. The number of nitrogens with two attached hydrogens (primary N) is 1. The number of alkyl halides is 4. The SMILES string of the molecule is N#Cc1ncc(N)c(CCl)c1OC(F)(F)F. The summed E-state index contributed by atoms with van der Waals surface area (Å²) in [6.07, 6.45) is -3.87. The summed E-state index contributed by atoms with van der Waals surface area (Å²) in [6.45, 7) is 0. The van der Waals surface area contributed by atoms with Gasteiger partial charge < -0.3 is 10.5 Å². The molecule has 0 atom stereocenters. The lowest BCUT2D eigenvalue weighted by Gasteiger charge is -2.13. The minimum absolute atomic E-state index is 0.0618. The molecule has 0 unspecified atom stereocenters. The number of anilines is 1. The second-order valence-corrected chi connectivity index (χ2v) is 2.93. The number of nitriles is 1. The maximum Gasteiger partial charge on any atom is 0.573 e. The number of hydrogen-bond donors (Lipinski definition) is 1. The summed E-state index contributed by atoms with van der Waals surface area (Å²) in [5, 5.41) is 8.58. The monoisotopic (exact) mass is 251 g/mol. The number of hydrogen-bond acceptors (Lipinski definition) is 4. The first kappa shape index (κ1) is 12.4. The zero-order valence-electron chi connectivity index (χ0n) is 7.68. The number of nitrogen functional groups attached to an aromatic ring is 1. The van der Waals surface area contributed by atoms with Gasteiger partial charge in [-0.2, -0.15) is 5.26 Å².